The van der Waals surface area contributed by atoms with E-state index in [1.54, 1.807) is 19.2 Å². The molecule has 1 unspecified atom stereocenters. The molecule has 1 atom stereocenters. The fourth-order valence-corrected chi connectivity index (χ4v) is 2.81. The Labute approximate surface area is 133 Å². The van der Waals surface area contributed by atoms with Gasteiger partial charge in [-0.05, 0) is 71.1 Å². The second kappa shape index (κ2) is 6.58. The van der Waals surface area contributed by atoms with Gasteiger partial charge in [-0.3, -0.25) is 0 Å². The van der Waals surface area contributed by atoms with Crippen LogP contribution in [0.2, 0.25) is 0 Å². The van der Waals surface area contributed by atoms with Gasteiger partial charge in [0, 0.05) is 5.54 Å². The summed E-state index contributed by atoms with van der Waals surface area (Å²) < 4.78 is 18.9. The standard InChI is InChI=1S/C17H19BrFNO/c1-17(20,10-12-3-6-14(21-2)7-4-12)11-13-5-8-16(19)15(18)9-13/h3-9H,10-11,20H2,1-2H3. The first-order valence-electron chi connectivity index (χ1n) is 6.75. The van der Waals surface area contributed by atoms with E-state index >= 15 is 0 Å². The first-order chi connectivity index (χ1) is 9.89. The van der Waals surface area contributed by atoms with Gasteiger partial charge in [-0.25, -0.2) is 4.39 Å². The number of hydrogen-bond acceptors (Lipinski definition) is 2. The maximum absolute atomic E-state index is 13.3. The van der Waals surface area contributed by atoms with Gasteiger partial charge in [-0.1, -0.05) is 18.2 Å². The molecule has 2 N–H and O–H groups in total. The largest absolute Gasteiger partial charge is 0.497 e. The lowest BCUT2D eigenvalue weighted by Gasteiger charge is -2.25. The molecule has 2 aromatic rings. The van der Waals surface area contributed by atoms with E-state index in [0.29, 0.717) is 10.9 Å². The van der Waals surface area contributed by atoms with E-state index in [1.165, 1.54) is 6.07 Å². The van der Waals surface area contributed by atoms with E-state index in [4.69, 9.17) is 10.5 Å². The lowest BCUT2D eigenvalue weighted by atomic mass is 9.87. The average molecular weight is 352 g/mol. The van der Waals surface area contributed by atoms with Crippen molar-refractivity contribution in [3.8, 4) is 5.75 Å². The van der Waals surface area contributed by atoms with Crippen LogP contribution in [0.5, 0.6) is 5.75 Å². The highest BCUT2D eigenvalue weighted by molar-refractivity contribution is 9.10. The molecule has 4 heteroatoms. The number of hydrogen-bond donors (Lipinski definition) is 1. The molecule has 0 fully saturated rings. The number of methoxy groups -OCH3 is 1. The Morgan fingerprint density at radius 1 is 1.10 bits per heavy atom. The van der Waals surface area contributed by atoms with Gasteiger partial charge in [0.25, 0.3) is 0 Å². The van der Waals surface area contributed by atoms with Crippen LogP contribution in [0.4, 0.5) is 4.39 Å². The quantitative estimate of drug-likeness (QED) is 0.879. The van der Waals surface area contributed by atoms with Crippen molar-refractivity contribution in [1.82, 2.24) is 0 Å². The molecule has 0 bridgehead atoms. The lowest BCUT2D eigenvalue weighted by molar-refractivity contribution is 0.414. The second-order valence-corrected chi connectivity index (χ2v) is 6.46. The zero-order valence-corrected chi connectivity index (χ0v) is 13.8. The number of benzene rings is 2. The van der Waals surface area contributed by atoms with Crippen molar-refractivity contribution >= 4 is 15.9 Å². The van der Waals surface area contributed by atoms with Gasteiger partial charge in [-0.15, -0.1) is 0 Å². The van der Waals surface area contributed by atoms with E-state index in [2.05, 4.69) is 15.9 Å². The summed E-state index contributed by atoms with van der Waals surface area (Å²) in [7, 11) is 1.65. The monoisotopic (exact) mass is 351 g/mol. The number of rotatable bonds is 5. The first kappa shape index (κ1) is 16.0. The van der Waals surface area contributed by atoms with E-state index in [9.17, 15) is 4.39 Å². The van der Waals surface area contributed by atoms with Gasteiger partial charge < -0.3 is 10.5 Å². The molecule has 2 aromatic carbocycles. The van der Waals surface area contributed by atoms with Crippen molar-refractivity contribution in [3.05, 3.63) is 63.9 Å². The van der Waals surface area contributed by atoms with Gasteiger partial charge in [0.1, 0.15) is 11.6 Å². The number of nitrogens with two attached hydrogens (primary N) is 1. The molecule has 0 aliphatic carbocycles. The Morgan fingerprint density at radius 3 is 2.24 bits per heavy atom. The topological polar surface area (TPSA) is 35.2 Å². The molecular weight excluding hydrogens is 333 g/mol. The van der Waals surface area contributed by atoms with Crippen LogP contribution in [0.25, 0.3) is 0 Å². The van der Waals surface area contributed by atoms with Crippen molar-refractivity contribution in [1.29, 1.82) is 0 Å². The first-order valence-corrected chi connectivity index (χ1v) is 7.55. The van der Waals surface area contributed by atoms with E-state index in [-0.39, 0.29) is 5.82 Å². The van der Waals surface area contributed by atoms with Gasteiger partial charge in [0.2, 0.25) is 0 Å². The van der Waals surface area contributed by atoms with Crippen LogP contribution in [-0.4, -0.2) is 12.6 Å². The summed E-state index contributed by atoms with van der Waals surface area (Å²) in [5, 5.41) is 0. The van der Waals surface area contributed by atoms with Crippen LogP contribution in [0, 0.1) is 5.82 Å². The summed E-state index contributed by atoms with van der Waals surface area (Å²) in [4.78, 5) is 0. The van der Waals surface area contributed by atoms with Crippen molar-refractivity contribution in [2.75, 3.05) is 7.11 Å². The summed E-state index contributed by atoms with van der Waals surface area (Å²) in [6.45, 7) is 2.01. The fraction of sp³-hybridized carbons (Fsp3) is 0.294. The Bertz CT molecular complexity index is 611. The lowest BCUT2D eigenvalue weighted by Crippen LogP contribution is -2.40. The third kappa shape index (κ3) is 4.55. The SMILES string of the molecule is COc1ccc(CC(C)(N)Cc2ccc(F)c(Br)c2)cc1. The molecule has 0 spiro atoms. The van der Waals surface area contributed by atoms with Gasteiger partial charge >= 0.3 is 0 Å². The van der Waals surface area contributed by atoms with Crippen LogP contribution in [0.3, 0.4) is 0 Å². The van der Waals surface area contributed by atoms with E-state index in [0.717, 1.165) is 23.3 Å². The molecule has 0 aliphatic heterocycles. The van der Waals surface area contributed by atoms with Gasteiger partial charge in [0.15, 0.2) is 0 Å². The Morgan fingerprint density at radius 2 is 1.67 bits per heavy atom. The van der Waals surface area contributed by atoms with Crippen LogP contribution in [-0.2, 0) is 12.8 Å². The van der Waals surface area contributed by atoms with Crippen molar-refractivity contribution in [2.45, 2.75) is 25.3 Å². The minimum absolute atomic E-state index is 0.257. The Balaban J connectivity index is 2.07. The summed E-state index contributed by atoms with van der Waals surface area (Å²) in [6.07, 6.45) is 1.42. The smallest absolute Gasteiger partial charge is 0.137 e. The molecule has 0 aromatic heterocycles. The minimum atomic E-state index is -0.397. The van der Waals surface area contributed by atoms with Crippen molar-refractivity contribution in [3.63, 3.8) is 0 Å². The van der Waals surface area contributed by atoms with E-state index < -0.39 is 5.54 Å². The number of halogens is 2. The maximum Gasteiger partial charge on any atom is 0.137 e. The zero-order chi connectivity index (χ0) is 15.5. The third-order valence-corrected chi connectivity index (χ3v) is 3.97. The van der Waals surface area contributed by atoms with Gasteiger partial charge in [-0.2, -0.15) is 0 Å². The highest BCUT2D eigenvalue weighted by Crippen LogP contribution is 2.22. The molecular formula is C17H19BrFNO. The summed E-state index contributed by atoms with van der Waals surface area (Å²) in [5.41, 5.74) is 8.17. The summed E-state index contributed by atoms with van der Waals surface area (Å²) in [6, 6.07) is 12.9. The van der Waals surface area contributed by atoms with Crippen molar-refractivity contribution in [2.24, 2.45) is 5.73 Å². The molecule has 0 aliphatic rings. The molecule has 0 heterocycles. The predicted molar refractivity (Wildman–Crippen MR) is 87.1 cm³/mol. The van der Waals surface area contributed by atoms with Crippen LogP contribution in [0.1, 0.15) is 18.1 Å². The van der Waals surface area contributed by atoms with Crippen LogP contribution >= 0.6 is 15.9 Å². The zero-order valence-electron chi connectivity index (χ0n) is 12.2. The molecule has 0 saturated heterocycles. The molecule has 0 saturated carbocycles. The molecule has 2 rings (SSSR count). The fourth-order valence-electron chi connectivity index (χ4n) is 2.39. The molecule has 0 amide bonds. The molecule has 2 nitrogen and oxygen atoms in total. The molecule has 0 radical (unpaired) electrons. The predicted octanol–water partition coefficient (Wildman–Crippen LogP) is 4.10. The Hall–Kier alpha value is -1.39. The number of ether oxygens (including phenoxy) is 1. The van der Waals surface area contributed by atoms with Crippen LogP contribution < -0.4 is 10.5 Å². The van der Waals surface area contributed by atoms with Crippen molar-refractivity contribution < 1.29 is 9.13 Å². The van der Waals surface area contributed by atoms with Crippen LogP contribution in [0.15, 0.2) is 46.9 Å². The molecule has 21 heavy (non-hydrogen) atoms. The average Bonchev–Trinajstić information content (AvgIpc) is 2.43. The maximum atomic E-state index is 13.3. The summed E-state index contributed by atoms with van der Waals surface area (Å²) in [5.74, 6) is 0.576. The normalized spacial score (nSPS) is 13.8. The summed E-state index contributed by atoms with van der Waals surface area (Å²) >= 11 is 3.21. The molecule has 112 valence electrons. The minimum Gasteiger partial charge on any atom is -0.497 e. The van der Waals surface area contributed by atoms with E-state index in [1.807, 2.05) is 31.2 Å². The highest BCUT2D eigenvalue weighted by atomic mass is 79.9. The second-order valence-electron chi connectivity index (χ2n) is 5.60. The third-order valence-electron chi connectivity index (χ3n) is 3.36. The Kier molecular flexibility index (Phi) is 5.01. The van der Waals surface area contributed by atoms with Gasteiger partial charge in [0.05, 0.1) is 11.6 Å². The highest BCUT2D eigenvalue weighted by Gasteiger charge is 2.20.